The normalized spacial score (nSPS) is 14.4. The number of ether oxygens (including phenoxy) is 3. The maximum Gasteiger partial charge on any atom is 0.293 e. The highest BCUT2D eigenvalue weighted by Gasteiger charge is 2.35. The summed E-state index contributed by atoms with van der Waals surface area (Å²) in [5, 5.41) is -0.00490. The predicted octanol–water partition coefficient (Wildman–Crippen LogP) is 7.11. The summed E-state index contributed by atoms with van der Waals surface area (Å²) < 4.78 is 18.0. The summed E-state index contributed by atoms with van der Waals surface area (Å²) >= 11 is 10.8. The molecular formula is C27H23BrClNO5S. The molecule has 3 aromatic rings. The summed E-state index contributed by atoms with van der Waals surface area (Å²) in [4.78, 5) is 26.8. The Hall–Kier alpha value is -2.94. The van der Waals surface area contributed by atoms with Gasteiger partial charge in [0.2, 0.25) is 0 Å². The van der Waals surface area contributed by atoms with Gasteiger partial charge in [-0.15, -0.1) is 0 Å². The molecule has 1 aliphatic rings. The molecule has 0 spiro atoms. The summed E-state index contributed by atoms with van der Waals surface area (Å²) in [5.74, 6) is 1.15. The van der Waals surface area contributed by atoms with Crippen LogP contribution >= 0.6 is 39.3 Å². The van der Waals surface area contributed by atoms with Gasteiger partial charge >= 0.3 is 0 Å². The van der Waals surface area contributed by atoms with Crippen LogP contribution in [0.3, 0.4) is 0 Å². The molecule has 1 heterocycles. The lowest BCUT2D eigenvalue weighted by Gasteiger charge is -2.14. The van der Waals surface area contributed by atoms with Crippen molar-refractivity contribution >= 4 is 56.5 Å². The lowest BCUT2D eigenvalue weighted by molar-refractivity contribution is -0.123. The summed E-state index contributed by atoms with van der Waals surface area (Å²) in [6.07, 6.45) is 1.62. The Morgan fingerprint density at radius 1 is 1.03 bits per heavy atom. The third-order valence-electron chi connectivity index (χ3n) is 5.32. The van der Waals surface area contributed by atoms with Crippen LogP contribution < -0.4 is 14.2 Å². The van der Waals surface area contributed by atoms with Crippen LogP contribution in [0.4, 0.5) is 4.79 Å². The van der Waals surface area contributed by atoms with Crippen molar-refractivity contribution in [2.45, 2.75) is 13.5 Å². The number of imide groups is 1. The molecule has 1 fully saturated rings. The van der Waals surface area contributed by atoms with E-state index in [4.69, 9.17) is 25.8 Å². The number of rotatable bonds is 9. The zero-order chi connectivity index (χ0) is 25.7. The fraction of sp³-hybridized carbons (Fsp3) is 0.185. The first kappa shape index (κ1) is 26.1. The second kappa shape index (κ2) is 11.9. The second-order valence-corrected chi connectivity index (χ2v) is 10.3. The van der Waals surface area contributed by atoms with Gasteiger partial charge in [-0.05, 0) is 72.3 Å². The first-order chi connectivity index (χ1) is 17.3. The first-order valence-electron chi connectivity index (χ1n) is 11.0. The Morgan fingerprint density at radius 2 is 1.75 bits per heavy atom. The van der Waals surface area contributed by atoms with Crippen molar-refractivity contribution in [2.75, 3.05) is 20.3 Å². The van der Waals surface area contributed by atoms with Gasteiger partial charge in [0, 0.05) is 4.47 Å². The van der Waals surface area contributed by atoms with E-state index in [1.165, 1.54) is 12.0 Å². The molecule has 0 atom stereocenters. The fourth-order valence-corrected chi connectivity index (χ4v) is 4.84. The van der Waals surface area contributed by atoms with Crippen molar-refractivity contribution in [2.24, 2.45) is 0 Å². The summed E-state index contributed by atoms with van der Waals surface area (Å²) in [6, 6.07) is 18.7. The number of amides is 2. The zero-order valence-corrected chi connectivity index (χ0v) is 22.8. The van der Waals surface area contributed by atoms with E-state index in [9.17, 15) is 9.59 Å². The largest absolute Gasteiger partial charge is 0.493 e. The number of benzene rings is 3. The minimum absolute atomic E-state index is 0.156. The molecule has 2 amide bonds. The van der Waals surface area contributed by atoms with Gasteiger partial charge in [0.15, 0.2) is 11.5 Å². The summed E-state index contributed by atoms with van der Waals surface area (Å²) in [6.45, 7) is 2.66. The number of hydrogen-bond acceptors (Lipinski definition) is 6. The SMILES string of the molecule is COc1cc(/C=C2\SC(=O)N(CCOc3ccc(C)cc3)C2=O)cc(Cl)c1OCc1ccc(Br)cc1. The molecule has 0 N–H and O–H groups in total. The van der Waals surface area contributed by atoms with Crippen molar-refractivity contribution in [1.29, 1.82) is 0 Å². The van der Waals surface area contributed by atoms with Gasteiger partial charge in [0.25, 0.3) is 11.1 Å². The Kier molecular flexibility index (Phi) is 8.61. The quantitative estimate of drug-likeness (QED) is 0.248. The van der Waals surface area contributed by atoms with E-state index >= 15 is 0 Å². The maximum absolute atomic E-state index is 12.9. The Morgan fingerprint density at radius 3 is 2.44 bits per heavy atom. The van der Waals surface area contributed by atoms with Crippen molar-refractivity contribution in [3.63, 3.8) is 0 Å². The molecule has 1 saturated heterocycles. The van der Waals surface area contributed by atoms with Crippen LogP contribution in [0.25, 0.3) is 6.08 Å². The van der Waals surface area contributed by atoms with E-state index in [0.29, 0.717) is 39.3 Å². The average molecular weight is 589 g/mol. The maximum atomic E-state index is 12.9. The molecule has 0 radical (unpaired) electrons. The smallest absolute Gasteiger partial charge is 0.293 e. The molecule has 0 aliphatic carbocycles. The third kappa shape index (κ3) is 6.43. The molecule has 0 unspecified atom stereocenters. The summed E-state index contributed by atoms with van der Waals surface area (Å²) in [5.41, 5.74) is 2.72. The van der Waals surface area contributed by atoms with E-state index in [0.717, 1.165) is 27.4 Å². The zero-order valence-electron chi connectivity index (χ0n) is 19.6. The number of aryl methyl sites for hydroxylation is 1. The number of halogens is 2. The molecule has 1 aliphatic heterocycles. The fourth-order valence-electron chi connectivity index (χ4n) is 3.43. The van der Waals surface area contributed by atoms with Crippen LogP contribution in [0.5, 0.6) is 17.2 Å². The standard InChI is InChI=1S/C27H23BrClNO5S/c1-17-3-9-21(10-4-17)34-12-11-30-26(31)24(36-27(30)32)15-19-13-22(29)25(23(14-19)33-2)35-16-18-5-7-20(28)8-6-18/h3-10,13-15H,11-12,16H2,1-2H3/b24-15-. The van der Waals surface area contributed by atoms with Crippen LogP contribution in [0, 0.1) is 6.92 Å². The summed E-state index contributed by atoms with van der Waals surface area (Å²) in [7, 11) is 1.52. The molecule has 4 rings (SSSR count). The van der Waals surface area contributed by atoms with Crippen LogP contribution in [-0.2, 0) is 11.4 Å². The van der Waals surface area contributed by atoms with Gasteiger partial charge in [0.05, 0.1) is 23.6 Å². The van der Waals surface area contributed by atoms with Crippen molar-refractivity contribution in [3.05, 3.63) is 91.8 Å². The monoisotopic (exact) mass is 587 g/mol. The number of thioether (sulfide) groups is 1. The lowest BCUT2D eigenvalue weighted by atomic mass is 10.1. The molecule has 0 bridgehead atoms. The Bertz CT molecular complexity index is 1290. The number of carbonyl (C=O) groups is 2. The van der Waals surface area contributed by atoms with Crippen molar-refractivity contribution in [1.82, 2.24) is 4.90 Å². The van der Waals surface area contributed by atoms with Crippen molar-refractivity contribution in [3.8, 4) is 17.2 Å². The second-order valence-electron chi connectivity index (χ2n) is 7.94. The van der Waals surface area contributed by atoms with Gasteiger partial charge in [0.1, 0.15) is 19.0 Å². The van der Waals surface area contributed by atoms with E-state index in [1.807, 2.05) is 55.5 Å². The first-order valence-corrected chi connectivity index (χ1v) is 13.0. The van der Waals surface area contributed by atoms with Gasteiger partial charge < -0.3 is 14.2 Å². The number of carbonyl (C=O) groups excluding carboxylic acids is 2. The highest BCUT2D eigenvalue weighted by molar-refractivity contribution is 9.10. The van der Waals surface area contributed by atoms with Crippen LogP contribution in [-0.4, -0.2) is 36.3 Å². The highest BCUT2D eigenvalue weighted by Crippen LogP contribution is 2.39. The average Bonchev–Trinajstić information content (AvgIpc) is 3.12. The van der Waals surface area contributed by atoms with Gasteiger partial charge in [-0.1, -0.05) is 57.4 Å². The number of methoxy groups -OCH3 is 1. The predicted molar refractivity (Wildman–Crippen MR) is 146 cm³/mol. The van der Waals surface area contributed by atoms with E-state index in [1.54, 1.807) is 18.2 Å². The molecule has 186 valence electrons. The van der Waals surface area contributed by atoms with Gasteiger partial charge in [-0.25, -0.2) is 0 Å². The van der Waals surface area contributed by atoms with Crippen LogP contribution in [0.2, 0.25) is 5.02 Å². The topological polar surface area (TPSA) is 65.1 Å². The lowest BCUT2D eigenvalue weighted by Crippen LogP contribution is -2.32. The number of hydrogen-bond donors (Lipinski definition) is 0. The highest BCUT2D eigenvalue weighted by atomic mass is 79.9. The molecular weight excluding hydrogens is 566 g/mol. The Balaban J connectivity index is 1.43. The van der Waals surface area contributed by atoms with Gasteiger partial charge in [-0.3, -0.25) is 14.5 Å². The Labute approximate surface area is 227 Å². The molecule has 36 heavy (non-hydrogen) atoms. The molecule has 9 heteroatoms. The van der Waals surface area contributed by atoms with E-state index < -0.39 is 0 Å². The molecule has 0 saturated carbocycles. The molecule has 3 aromatic carbocycles. The minimum atomic E-state index is -0.372. The number of nitrogens with zero attached hydrogens (tertiary/aromatic N) is 1. The third-order valence-corrected chi connectivity index (χ3v) is 7.04. The van der Waals surface area contributed by atoms with Gasteiger partial charge in [-0.2, -0.15) is 0 Å². The minimum Gasteiger partial charge on any atom is -0.493 e. The van der Waals surface area contributed by atoms with E-state index in [-0.39, 0.29) is 24.3 Å². The van der Waals surface area contributed by atoms with Crippen LogP contribution in [0.1, 0.15) is 16.7 Å². The van der Waals surface area contributed by atoms with Crippen molar-refractivity contribution < 1.29 is 23.8 Å². The van der Waals surface area contributed by atoms with Crippen LogP contribution in [0.15, 0.2) is 70.0 Å². The molecule has 6 nitrogen and oxygen atoms in total. The van der Waals surface area contributed by atoms with E-state index in [2.05, 4.69) is 15.9 Å². The molecule has 0 aromatic heterocycles.